The molecule has 0 saturated heterocycles. The van der Waals surface area contributed by atoms with E-state index < -0.39 is 6.10 Å². The molecule has 1 aliphatic rings. The van der Waals surface area contributed by atoms with Gasteiger partial charge in [0.05, 0.1) is 12.1 Å². The second-order valence-corrected chi connectivity index (χ2v) is 5.46. The van der Waals surface area contributed by atoms with Gasteiger partial charge in [-0.3, -0.25) is 4.79 Å². The zero-order valence-corrected chi connectivity index (χ0v) is 11.4. The zero-order valence-electron chi connectivity index (χ0n) is 11.4. The van der Waals surface area contributed by atoms with E-state index in [1.165, 1.54) is 0 Å². The third kappa shape index (κ3) is 2.54. The summed E-state index contributed by atoms with van der Waals surface area (Å²) in [7, 11) is 0. The Kier molecular flexibility index (Phi) is 3.70. The van der Waals surface area contributed by atoms with Crippen molar-refractivity contribution in [3.8, 4) is 0 Å². The molecule has 0 unspecified atom stereocenters. The Hall–Kier alpha value is -1.87. The number of aliphatic hydroxyl groups is 1. The molecule has 0 spiro atoms. The zero-order chi connectivity index (χ0) is 13.9. The molecule has 3 nitrogen and oxygen atoms in total. The lowest BCUT2D eigenvalue weighted by atomic mass is 9.92. The van der Waals surface area contributed by atoms with Crippen LogP contribution in [0.4, 0.5) is 0 Å². The van der Waals surface area contributed by atoms with Crippen LogP contribution in [0.3, 0.4) is 0 Å². The molecule has 2 atom stereocenters. The number of carbonyl (C=O) groups is 1. The van der Waals surface area contributed by atoms with Gasteiger partial charge in [-0.25, -0.2) is 0 Å². The Labute approximate surface area is 118 Å². The van der Waals surface area contributed by atoms with Gasteiger partial charge in [0.1, 0.15) is 0 Å². The summed E-state index contributed by atoms with van der Waals surface area (Å²) in [6.45, 7) is 0. The molecule has 104 valence electrons. The highest BCUT2D eigenvalue weighted by Gasteiger charge is 2.25. The molecule has 0 aromatic heterocycles. The number of amides is 1. The first-order valence-corrected chi connectivity index (χ1v) is 7.22. The van der Waals surface area contributed by atoms with E-state index in [-0.39, 0.29) is 11.9 Å². The van der Waals surface area contributed by atoms with Crippen LogP contribution in [-0.4, -0.2) is 23.2 Å². The van der Waals surface area contributed by atoms with E-state index in [2.05, 4.69) is 5.32 Å². The molecule has 1 aliphatic carbocycles. The topological polar surface area (TPSA) is 49.3 Å². The Morgan fingerprint density at radius 1 is 1.05 bits per heavy atom. The standard InChI is InChI=1S/C17H19NO2/c19-16-11-4-3-10-15(16)18-17(20)14-9-5-7-12-6-1-2-8-13(12)14/h1-2,5-9,15-16,19H,3-4,10-11H2,(H,18,20)/t15-,16-/m1/s1. The van der Waals surface area contributed by atoms with Crippen LogP contribution in [0, 0.1) is 0 Å². The maximum absolute atomic E-state index is 12.5. The fourth-order valence-corrected chi connectivity index (χ4v) is 2.95. The maximum atomic E-state index is 12.5. The molecule has 2 aromatic rings. The van der Waals surface area contributed by atoms with E-state index in [0.717, 1.165) is 36.5 Å². The van der Waals surface area contributed by atoms with Gasteiger partial charge in [0, 0.05) is 5.56 Å². The molecule has 2 N–H and O–H groups in total. The minimum atomic E-state index is -0.414. The summed E-state index contributed by atoms with van der Waals surface area (Å²) in [6.07, 6.45) is 3.33. The van der Waals surface area contributed by atoms with Crippen molar-refractivity contribution in [2.75, 3.05) is 0 Å². The highest BCUT2D eigenvalue weighted by atomic mass is 16.3. The van der Waals surface area contributed by atoms with Gasteiger partial charge < -0.3 is 10.4 Å². The summed E-state index contributed by atoms with van der Waals surface area (Å²) in [5.74, 6) is -0.0900. The summed E-state index contributed by atoms with van der Waals surface area (Å²) >= 11 is 0. The number of nitrogens with one attached hydrogen (secondary N) is 1. The van der Waals surface area contributed by atoms with Crippen LogP contribution < -0.4 is 5.32 Å². The number of rotatable bonds is 2. The van der Waals surface area contributed by atoms with Crippen LogP contribution in [0.2, 0.25) is 0 Å². The van der Waals surface area contributed by atoms with Crippen molar-refractivity contribution in [3.63, 3.8) is 0 Å². The highest BCUT2D eigenvalue weighted by Crippen LogP contribution is 2.21. The van der Waals surface area contributed by atoms with E-state index in [4.69, 9.17) is 0 Å². The Bertz CT molecular complexity index is 618. The van der Waals surface area contributed by atoms with Crippen molar-refractivity contribution in [1.82, 2.24) is 5.32 Å². The molecule has 2 aromatic carbocycles. The summed E-state index contributed by atoms with van der Waals surface area (Å²) in [5, 5.41) is 15.0. The van der Waals surface area contributed by atoms with Crippen LogP contribution in [-0.2, 0) is 0 Å². The van der Waals surface area contributed by atoms with Crippen LogP contribution in [0.25, 0.3) is 10.8 Å². The summed E-state index contributed by atoms with van der Waals surface area (Å²) < 4.78 is 0. The third-order valence-electron chi connectivity index (χ3n) is 4.08. The molecular weight excluding hydrogens is 250 g/mol. The molecular formula is C17H19NO2. The van der Waals surface area contributed by atoms with E-state index in [1.807, 2.05) is 42.5 Å². The van der Waals surface area contributed by atoms with E-state index >= 15 is 0 Å². The molecule has 0 aliphatic heterocycles. The molecule has 3 heteroatoms. The van der Waals surface area contributed by atoms with Gasteiger partial charge in [-0.15, -0.1) is 0 Å². The summed E-state index contributed by atoms with van der Waals surface area (Å²) in [6, 6.07) is 13.5. The second-order valence-electron chi connectivity index (χ2n) is 5.46. The molecule has 20 heavy (non-hydrogen) atoms. The van der Waals surface area contributed by atoms with Crippen molar-refractivity contribution in [1.29, 1.82) is 0 Å². The monoisotopic (exact) mass is 269 g/mol. The minimum Gasteiger partial charge on any atom is -0.391 e. The molecule has 0 heterocycles. The number of carbonyl (C=O) groups excluding carboxylic acids is 1. The highest BCUT2D eigenvalue weighted by molar-refractivity contribution is 6.07. The normalized spacial score (nSPS) is 22.6. The molecule has 1 fully saturated rings. The smallest absolute Gasteiger partial charge is 0.252 e. The van der Waals surface area contributed by atoms with Crippen LogP contribution in [0.15, 0.2) is 42.5 Å². The Balaban J connectivity index is 1.85. The largest absolute Gasteiger partial charge is 0.391 e. The fraction of sp³-hybridized carbons (Fsp3) is 0.353. The first-order valence-electron chi connectivity index (χ1n) is 7.22. The van der Waals surface area contributed by atoms with E-state index in [1.54, 1.807) is 0 Å². The van der Waals surface area contributed by atoms with Crippen molar-refractivity contribution < 1.29 is 9.90 Å². The average Bonchev–Trinajstić information content (AvgIpc) is 2.49. The first kappa shape index (κ1) is 13.1. The minimum absolute atomic E-state index is 0.0900. The average molecular weight is 269 g/mol. The predicted octanol–water partition coefficient (Wildman–Crippen LogP) is 2.87. The first-order chi connectivity index (χ1) is 9.75. The SMILES string of the molecule is O=C(N[C@@H]1CCCC[C@H]1O)c1cccc2ccccc12. The fourth-order valence-electron chi connectivity index (χ4n) is 2.95. The number of hydrogen-bond acceptors (Lipinski definition) is 2. The number of benzene rings is 2. The van der Waals surface area contributed by atoms with Crippen molar-refractivity contribution in [3.05, 3.63) is 48.0 Å². The predicted molar refractivity (Wildman–Crippen MR) is 79.7 cm³/mol. The molecule has 0 radical (unpaired) electrons. The van der Waals surface area contributed by atoms with Gasteiger partial charge in [-0.2, -0.15) is 0 Å². The van der Waals surface area contributed by atoms with E-state index in [0.29, 0.717) is 5.56 Å². The van der Waals surface area contributed by atoms with E-state index in [9.17, 15) is 9.90 Å². The van der Waals surface area contributed by atoms with Crippen LogP contribution in [0.5, 0.6) is 0 Å². The number of hydrogen-bond donors (Lipinski definition) is 2. The number of aliphatic hydroxyl groups excluding tert-OH is 1. The Morgan fingerprint density at radius 2 is 1.80 bits per heavy atom. The molecule has 1 saturated carbocycles. The van der Waals surface area contributed by atoms with Crippen molar-refractivity contribution >= 4 is 16.7 Å². The van der Waals surface area contributed by atoms with Gasteiger partial charge in [0.2, 0.25) is 0 Å². The lowest BCUT2D eigenvalue weighted by Gasteiger charge is -2.28. The molecule has 3 rings (SSSR count). The van der Waals surface area contributed by atoms with Crippen LogP contribution >= 0.6 is 0 Å². The van der Waals surface area contributed by atoms with Gasteiger partial charge in [0.25, 0.3) is 5.91 Å². The van der Waals surface area contributed by atoms with Crippen molar-refractivity contribution in [2.45, 2.75) is 37.8 Å². The summed E-state index contributed by atoms with van der Waals surface area (Å²) in [5.41, 5.74) is 0.681. The van der Waals surface area contributed by atoms with Gasteiger partial charge in [0.15, 0.2) is 0 Å². The van der Waals surface area contributed by atoms with Gasteiger partial charge in [-0.05, 0) is 29.7 Å². The second kappa shape index (κ2) is 5.63. The van der Waals surface area contributed by atoms with Gasteiger partial charge >= 0.3 is 0 Å². The quantitative estimate of drug-likeness (QED) is 0.880. The third-order valence-corrected chi connectivity index (χ3v) is 4.08. The van der Waals surface area contributed by atoms with Gasteiger partial charge in [-0.1, -0.05) is 49.2 Å². The lowest BCUT2D eigenvalue weighted by Crippen LogP contribution is -2.45. The molecule has 1 amide bonds. The Morgan fingerprint density at radius 3 is 2.65 bits per heavy atom. The molecule has 0 bridgehead atoms. The van der Waals surface area contributed by atoms with Crippen molar-refractivity contribution in [2.24, 2.45) is 0 Å². The number of fused-ring (bicyclic) bond motifs is 1. The van der Waals surface area contributed by atoms with Crippen LogP contribution in [0.1, 0.15) is 36.0 Å². The summed E-state index contributed by atoms with van der Waals surface area (Å²) in [4.78, 5) is 12.5. The maximum Gasteiger partial charge on any atom is 0.252 e. The lowest BCUT2D eigenvalue weighted by molar-refractivity contribution is 0.0718.